The third kappa shape index (κ3) is 3.21. The molecule has 0 aliphatic carbocycles. The van der Waals surface area contributed by atoms with Gasteiger partial charge in [-0.2, -0.15) is 0 Å². The lowest BCUT2D eigenvalue weighted by Gasteiger charge is -2.12. The van der Waals surface area contributed by atoms with Crippen molar-refractivity contribution >= 4 is 20.8 Å². The molecule has 23 heavy (non-hydrogen) atoms. The van der Waals surface area contributed by atoms with Gasteiger partial charge in [-0.05, 0) is 17.7 Å². The molecule has 0 heterocycles. The van der Waals surface area contributed by atoms with Gasteiger partial charge in [-0.15, -0.1) is 0 Å². The molecule has 0 aliphatic heterocycles. The van der Waals surface area contributed by atoms with E-state index in [1.807, 2.05) is 48.5 Å². The molecule has 1 N–H and O–H groups in total. The van der Waals surface area contributed by atoms with E-state index in [2.05, 4.69) is 4.72 Å². The van der Waals surface area contributed by atoms with E-state index in [-0.39, 0.29) is 11.4 Å². The molecule has 0 spiro atoms. The highest BCUT2D eigenvalue weighted by Crippen LogP contribution is 2.30. The maximum atomic E-state index is 12.7. The Morgan fingerprint density at radius 3 is 2.22 bits per heavy atom. The topological polar surface area (TPSA) is 55.4 Å². The highest BCUT2D eigenvalue weighted by atomic mass is 32.2. The molecular formula is C18H17NO3S. The molecule has 0 saturated heterocycles. The lowest BCUT2D eigenvalue weighted by Crippen LogP contribution is -2.23. The van der Waals surface area contributed by atoms with Gasteiger partial charge in [0.15, 0.2) is 0 Å². The zero-order valence-electron chi connectivity index (χ0n) is 12.7. The molecule has 0 radical (unpaired) electrons. The van der Waals surface area contributed by atoms with Crippen LogP contribution in [0.25, 0.3) is 10.8 Å². The van der Waals surface area contributed by atoms with E-state index in [4.69, 9.17) is 4.74 Å². The van der Waals surface area contributed by atoms with Crippen molar-refractivity contribution in [2.24, 2.45) is 0 Å². The van der Waals surface area contributed by atoms with E-state index >= 15 is 0 Å². The van der Waals surface area contributed by atoms with Crippen LogP contribution in [0.2, 0.25) is 0 Å². The average Bonchev–Trinajstić information content (AvgIpc) is 2.60. The number of fused-ring (bicyclic) bond motifs is 1. The van der Waals surface area contributed by atoms with Crippen LogP contribution >= 0.6 is 0 Å². The van der Waals surface area contributed by atoms with Crippen molar-refractivity contribution in [1.29, 1.82) is 0 Å². The fraction of sp³-hybridized carbons (Fsp3) is 0.111. The first kappa shape index (κ1) is 15.5. The van der Waals surface area contributed by atoms with Crippen molar-refractivity contribution in [3.63, 3.8) is 0 Å². The van der Waals surface area contributed by atoms with Gasteiger partial charge in [0.25, 0.3) is 0 Å². The molecule has 3 aromatic rings. The molecule has 118 valence electrons. The van der Waals surface area contributed by atoms with Crippen molar-refractivity contribution in [2.45, 2.75) is 11.4 Å². The van der Waals surface area contributed by atoms with Crippen LogP contribution in [0.15, 0.2) is 71.6 Å². The smallest absolute Gasteiger partial charge is 0.241 e. The van der Waals surface area contributed by atoms with Crippen molar-refractivity contribution in [3.05, 3.63) is 72.3 Å². The molecule has 5 heteroatoms. The summed E-state index contributed by atoms with van der Waals surface area (Å²) in [6.45, 7) is 0.254. The van der Waals surface area contributed by atoms with Gasteiger partial charge in [0.2, 0.25) is 10.0 Å². The first-order valence-corrected chi connectivity index (χ1v) is 8.69. The molecule has 0 aromatic heterocycles. The standard InChI is InChI=1S/C18H17NO3S/c1-22-17-11-12-18(16-10-6-5-9-15(16)17)23(20,21)19-13-14-7-3-2-4-8-14/h2-12,19H,13H2,1H3. The number of hydrogen-bond acceptors (Lipinski definition) is 3. The Balaban J connectivity index is 1.99. The van der Waals surface area contributed by atoms with E-state index in [0.29, 0.717) is 11.1 Å². The average molecular weight is 327 g/mol. The number of sulfonamides is 1. The van der Waals surface area contributed by atoms with Crippen LogP contribution in [0.3, 0.4) is 0 Å². The van der Waals surface area contributed by atoms with E-state index < -0.39 is 10.0 Å². The van der Waals surface area contributed by atoms with Crippen LogP contribution in [0.1, 0.15) is 5.56 Å². The molecular weight excluding hydrogens is 310 g/mol. The second-order valence-electron chi connectivity index (χ2n) is 5.12. The van der Waals surface area contributed by atoms with E-state index in [1.54, 1.807) is 25.3 Å². The van der Waals surface area contributed by atoms with Crippen LogP contribution in [0.4, 0.5) is 0 Å². The van der Waals surface area contributed by atoms with Crippen molar-refractivity contribution < 1.29 is 13.2 Å². The summed E-state index contributed by atoms with van der Waals surface area (Å²) in [6.07, 6.45) is 0. The van der Waals surface area contributed by atoms with Crippen LogP contribution in [0, 0.1) is 0 Å². The molecule has 0 atom stereocenters. The molecule has 0 saturated carbocycles. The summed E-state index contributed by atoms with van der Waals surface area (Å²) in [5.41, 5.74) is 0.911. The van der Waals surface area contributed by atoms with Gasteiger partial charge >= 0.3 is 0 Å². The SMILES string of the molecule is COc1ccc(S(=O)(=O)NCc2ccccc2)c2ccccc12. The monoisotopic (exact) mass is 327 g/mol. The fourth-order valence-electron chi connectivity index (χ4n) is 2.51. The highest BCUT2D eigenvalue weighted by molar-refractivity contribution is 7.89. The van der Waals surface area contributed by atoms with Crippen molar-refractivity contribution in [3.8, 4) is 5.75 Å². The minimum absolute atomic E-state index is 0.254. The number of rotatable bonds is 5. The minimum Gasteiger partial charge on any atom is -0.496 e. The Morgan fingerprint density at radius 1 is 0.870 bits per heavy atom. The van der Waals surface area contributed by atoms with Gasteiger partial charge in [-0.3, -0.25) is 0 Å². The van der Waals surface area contributed by atoms with E-state index in [9.17, 15) is 8.42 Å². The number of nitrogens with one attached hydrogen (secondary N) is 1. The summed E-state index contributed by atoms with van der Waals surface area (Å²) in [6, 6.07) is 20.0. The quantitative estimate of drug-likeness (QED) is 0.782. The number of methoxy groups -OCH3 is 1. The molecule has 0 aliphatic rings. The van der Waals surface area contributed by atoms with Crippen LogP contribution < -0.4 is 9.46 Å². The predicted molar refractivity (Wildman–Crippen MR) is 91.0 cm³/mol. The summed E-state index contributed by atoms with van der Waals surface area (Å²) in [7, 11) is -2.04. The van der Waals surface area contributed by atoms with E-state index in [1.165, 1.54) is 0 Å². The molecule has 0 unspecified atom stereocenters. The number of hydrogen-bond donors (Lipinski definition) is 1. The Hall–Kier alpha value is -2.37. The third-order valence-electron chi connectivity index (χ3n) is 3.66. The maximum absolute atomic E-state index is 12.7. The summed E-state index contributed by atoms with van der Waals surface area (Å²) in [5, 5.41) is 1.42. The molecule has 0 fully saturated rings. The van der Waals surface area contributed by atoms with Crippen molar-refractivity contribution in [2.75, 3.05) is 7.11 Å². The molecule has 0 amide bonds. The van der Waals surface area contributed by atoms with E-state index in [0.717, 1.165) is 10.9 Å². The maximum Gasteiger partial charge on any atom is 0.241 e. The Morgan fingerprint density at radius 2 is 1.52 bits per heavy atom. The second kappa shape index (κ2) is 6.40. The summed E-state index contributed by atoms with van der Waals surface area (Å²) < 4.78 is 33.3. The largest absolute Gasteiger partial charge is 0.496 e. The Kier molecular flexibility index (Phi) is 4.32. The van der Waals surface area contributed by atoms with Crippen LogP contribution in [0.5, 0.6) is 5.75 Å². The van der Waals surface area contributed by atoms with Crippen LogP contribution in [-0.4, -0.2) is 15.5 Å². The lowest BCUT2D eigenvalue weighted by atomic mass is 10.1. The van der Waals surface area contributed by atoms with Gasteiger partial charge in [-0.25, -0.2) is 13.1 Å². The molecule has 3 aromatic carbocycles. The number of benzene rings is 3. The second-order valence-corrected chi connectivity index (χ2v) is 6.86. The summed E-state index contributed by atoms with van der Waals surface area (Å²) in [5.74, 6) is 0.655. The third-order valence-corrected chi connectivity index (χ3v) is 5.12. The van der Waals surface area contributed by atoms with Gasteiger partial charge in [0, 0.05) is 17.3 Å². The first-order valence-electron chi connectivity index (χ1n) is 7.21. The van der Waals surface area contributed by atoms with Gasteiger partial charge in [-0.1, -0.05) is 54.6 Å². The molecule has 0 bridgehead atoms. The minimum atomic E-state index is -3.62. The Labute approximate surface area is 135 Å². The normalized spacial score (nSPS) is 11.5. The first-order chi connectivity index (χ1) is 11.1. The molecule has 3 rings (SSSR count). The van der Waals surface area contributed by atoms with Gasteiger partial charge < -0.3 is 4.74 Å². The summed E-state index contributed by atoms with van der Waals surface area (Å²) >= 11 is 0. The predicted octanol–water partition coefficient (Wildman–Crippen LogP) is 3.33. The zero-order chi connectivity index (χ0) is 16.3. The lowest BCUT2D eigenvalue weighted by molar-refractivity contribution is 0.419. The molecule has 4 nitrogen and oxygen atoms in total. The number of ether oxygens (including phenoxy) is 1. The summed E-state index contributed by atoms with van der Waals surface area (Å²) in [4.78, 5) is 0.254. The zero-order valence-corrected chi connectivity index (χ0v) is 13.5. The van der Waals surface area contributed by atoms with Gasteiger partial charge in [0.1, 0.15) is 5.75 Å². The Bertz CT molecular complexity index is 921. The highest BCUT2D eigenvalue weighted by Gasteiger charge is 2.18. The van der Waals surface area contributed by atoms with Gasteiger partial charge in [0.05, 0.1) is 12.0 Å². The van der Waals surface area contributed by atoms with Crippen LogP contribution in [-0.2, 0) is 16.6 Å². The van der Waals surface area contributed by atoms with Crippen molar-refractivity contribution in [1.82, 2.24) is 4.72 Å². The fourth-order valence-corrected chi connectivity index (χ4v) is 3.73.